The molecule has 19 heavy (non-hydrogen) atoms. The zero-order valence-corrected chi connectivity index (χ0v) is 15.9. The average molecular weight is 512 g/mol. The molecule has 0 atom stereocenters. The fourth-order valence-electron chi connectivity index (χ4n) is 1.75. The number of alkyl halides is 1. The third-order valence-electron chi connectivity index (χ3n) is 2.75. The topological polar surface area (TPSA) is 17.1 Å². The smallest absolute Gasteiger partial charge is 0.223 e. The Kier molecular flexibility index (Phi) is 5.04. The lowest BCUT2D eigenvalue weighted by Gasteiger charge is -2.25. The maximum Gasteiger partial charge on any atom is 0.223 e. The van der Waals surface area contributed by atoms with Crippen molar-refractivity contribution in [1.82, 2.24) is 0 Å². The van der Waals surface area contributed by atoms with Crippen LogP contribution in [0.15, 0.2) is 57.5 Å². The van der Waals surface area contributed by atoms with Gasteiger partial charge in [0.25, 0.3) is 0 Å². The van der Waals surface area contributed by atoms with E-state index in [0.29, 0.717) is 0 Å². The van der Waals surface area contributed by atoms with Gasteiger partial charge in [-0.1, -0.05) is 72.1 Å². The van der Waals surface area contributed by atoms with E-state index in [0.717, 1.165) is 20.1 Å². The van der Waals surface area contributed by atoms with Gasteiger partial charge in [0.05, 0.1) is 0 Å². The first-order valence-electron chi connectivity index (χ1n) is 5.35. The van der Waals surface area contributed by atoms with Crippen molar-refractivity contribution in [3.05, 3.63) is 68.6 Å². The maximum absolute atomic E-state index is 12.1. The van der Waals surface area contributed by atoms with Gasteiger partial charge < -0.3 is 0 Å². The van der Waals surface area contributed by atoms with Crippen LogP contribution in [0.2, 0.25) is 0 Å². The van der Waals surface area contributed by atoms with Crippen LogP contribution >= 0.6 is 63.7 Å². The molecule has 2 aromatic carbocycles. The Morgan fingerprint density at radius 3 is 1.37 bits per heavy atom. The molecular formula is C14H8Br4O. The summed E-state index contributed by atoms with van der Waals surface area (Å²) in [6.07, 6.45) is 0. The zero-order chi connectivity index (χ0) is 14.0. The van der Waals surface area contributed by atoms with Crippen molar-refractivity contribution in [2.75, 3.05) is 0 Å². The molecule has 0 unspecified atom stereocenters. The van der Waals surface area contributed by atoms with Gasteiger partial charge in [-0.3, -0.25) is 4.79 Å². The second kappa shape index (κ2) is 6.20. The molecule has 0 aliphatic heterocycles. The second-order valence-corrected chi connectivity index (χ2v) is 7.69. The monoisotopic (exact) mass is 508 g/mol. The van der Waals surface area contributed by atoms with Crippen molar-refractivity contribution in [3.63, 3.8) is 0 Å². The van der Waals surface area contributed by atoms with Gasteiger partial charge in [-0.15, -0.1) is 0 Å². The number of carbonyl (C=O) groups excluding carboxylic acids is 1. The van der Waals surface area contributed by atoms with E-state index >= 15 is 0 Å². The highest BCUT2D eigenvalue weighted by atomic mass is 79.9. The van der Waals surface area contributed by atoms with E-state index < -0.39 is 4.32 Å². The lowest BCUT2D eigenvalue weighted by atomic mass is 9.92. The molecular weight excluding hydrogens is 504 g/mol. The molecule has 0 N–H and O–H groups in total. The van der Waals surface area contributed by atoms with Gasteiger partial charge in [-0.25, -0.2) is 0 Å². The normalized spacial score (nSPS) is 11.4. The summed E-state index contributed by atoms with van der Waals surface area (Å²) < 4.78 is 0.937. The SMILES string of the molecule is O=C(Br)C(Br)(c1ccc(Br)cc1)c1ccc(Br)cc1. The fraction of sp³-hybridized carbons (Fsp3) is 0.0714. The highest BCUT2D eigenvalue weighted by Gasteiger charge is 2.37. The largest absolute Gasteiger partial charge is 0.284 e. The Labute approximate surface area is 145 Å². The number of rotatable bonds is 3. The lowest BCUT2D eigenvalue weighted by molar-refractivity contribution is -0.111. The summed E-state index contributed by atoms with van der Waals surface area (Å²) in [6.45, 7) is 0. The Morgan fingerprint density at radius 2 is 1.11 bits per heavy atom. The molecule has 0 saturated heterocycles. The van der Waals surface area contributed by atoms with Gasteiger partial charge in [0, 0.05) is 8.95 Å². The van der Waals surface area contributed by atoms with E-state index in [1.54, 1.807) is 0 Å². The van der Waals surface area contributed by atoms with Crippen LogP contribution in [0.4, 0.5) is 0 Å². The van der Waals surface area contributed by atoms with Crippen LogP contribution in [0.3, 0.4) is 0 Å². The van der Waals surface area contributed by atoms with Crippen molar-refractivity contribution in [1.29, 1.82) is 0 Å². The van der Waals surface area contributed by atoms with Crippen molar-refractivity contribution in [2.45, 2.75) is 4.32 Å². The molecule has 0 aromatic heterocycles. The van der Waals surface area contributed by atoms with Crippen LogP contribution in [0.5, 0.6) is 0 Å². The van der Waals surface area contributed by atoms with E-state index in [1.807, 2.05) is 48.5 Å². The Hall–Kier alpha value is 0.0300. The molecule has 0 radical (unpaired) electrons. The van der Waals surface area contributed by atoms with Crippen LogP contribution < -0.4 is 0 Å². The van der Waals surface area contributed by atoms with Crippen LogP contribution in [0, 0.1) is 0 Å². The van der Waals surface area contributed by atoms with Crippen molar-refractivity contribution in [3.8, 4) is 0 Å². The summed E-state index contributed by atoms with van der Waals surface area (Å²) in [5.41, 5.74) is 1.75. The second-order valence-electron chi connectivity index (χ2n) is 3.95. The summed E-state index contributed by atoms with van der Waals surface area (Å²) in [4.78, 5) is 12.1. The summed E-state index contributed by atoms with van der Waals surface area (Å²) in [7, 11) is 0. The van der Waals surface area contributed by atoms with Gasteiger partial charge in [0.2, 0.25) is 4.69 Å². The summed E-state index contributed by atoms with van der Waals surface area (Å²) >= 11 is 13.5. The van der Waals surface area contributed by atoms with Gasteiger partial charge in [-0.2, -0.15) is 0 Å². The van der Waals surface area contributed by atoms with Crippen molar-refractivity contribution >= 4 is 68.4 Å². The Morgan fingerprint density at radius 1 is 0.789 bits per heavy atom. The molecule has 98 valence electrons. The first-order valence-corrected chi connectivity index (χ1v) is 8.52. The van der Waals surface area contributed by atoms with Crippen LogP contribution in [0.25, 0.3) is 0 Å². The zero-order valence-electron chi connectivity index (χ0n) is 9.54. The molecule has 0 heterocycles. The Balaban J connectivity index is 2.57. The molecule has 2 rings (SSSR count). The molecule has 0 saturated carbocycles. The third-order valence-corrected chi connectivity index (χ3v) is 6.21. The minimum absolute atomic E-state index is 0.135. The van der Waals surface area contributed by atoms with Crippen molar-refractivity contribution in [2.24, 2.45) is 0 Å². The van der Waals surface area contributed by atoms with Crippen molar-refractivity contribution < 1.29 is 4.79 Å². The predicted molar refractivity (Wildman–Crippen MR) is 91.9 cm³/mol. The summed E-state index contributed by atoms with van der Waals surface area (Å²) in [5, 5.41) is 0. The third kappa shape index (κ3) is 3.20. The molecule has 0 aliphatic rings. The minimum Gasteiger partial charge on any atom is -0.284 e. The molecule has 2 aromatic rings. The predicted octanol–water partition coefficient (Wildman–Crippen LogP) is 5.77. The molecule has 0 fully saturated rings. The van der Waals surface area contributed by atoms with Crippen LogP contribution in [0.1, 0.15) is 11.1 Å². The van der Waals surface area contributed by atoms with E-state index in [4.69, 9.17) is 0 Å². The number of carbonyl (C=O) groups is 1. The van der Waals surface area contributed by atoms with Gasteiger partial charge in [0.1, 0.15) is 4.32 Å². The number of halogens is 4. The van der Waals surface area contributed by atoms with E-state index in [9.17, 15) is 4.79 Å². The standard InChI is InChI=1S/C14H8Br4O/c15-11-5-1-9(2-6-11)14(18,13(17)19)10-3-7-12(16)8-4-10/h1-8H. The molecule has 5 heteroatoms. The quantitative estimate of drug-likeness (QED) is 0.378. The minimum atomic E-state index is -0.881. The molecule has 0 spiro atoms. The number of benzene rings is 2. The van der Waals surface area contributed by atoms with E-state index in [-0.39, 0.29) is 4.69 Å². The Bertz CT molecular complexity index is 544. The average Bonchev–Trinajstić information content (AvgIpc) is 2.39. The van der Waals surface area contributed by atoms with Gasteiger partial charge in [-0.05, 0) is 51.3 Å². The molecule has 0 bridgehead atoms. The summed E-state index contributed by atoms with van der Waals surface area (Å²) in [5.74, 6) is 0. The van der Waals surface area contributed by atoms with E-state index in [1.165, 1.54) is 0 Å². The van der Waals surface area contributed by atoms with E-state index in [2.05, 4.69) is 63.7 Å². The van der Waals surface area contributed by atoms with Crippen LogP contribution in [-0.2, 0) is 9.12 Å². The highest BCUT2D eigenvalue weighted by molar-refractivity contribution is 9.20. The molecule has 0 amide bonds. The lowest BCUT2D eigenvalue weighted by Crippen LogP contribution is -2.26. The number of hydrogen-bond donors (Lipinski definition) is 0. The number of hydrogen-bond acceptors (Lipinski definition) is 1. The highest BCUT2D eigenvalue weighted by Crippen LogP contribution is 2.41. The fourth-order valence-corrected chi connectivity index (χ4v) is 3.27. The summed E-state index contributed by atoms with van der Waals surface area (Å²) in [6, 6.07) is 15.3. The maximum atomic E-state index is 12.1. The van der Waals surface area contributed by atoms with Crippen LogP contribution in [-0.4, -0.2) is 4.69 Å². The first-order chi connectivity index (χ1) is 8.94. The molecule has 1 nitrogen and oxygen atoms in total. The molecule has 0 aliphatic carbocycles. The first kappa shape index (κ1) is 15.4. The van der Waals surface area contributed by atoms with Gasteiger partial charge in [0.15, 0.2) is 0 Å². The van der Waals surface area contributed by atoms with Gasteiger partial charge >= 0.3 is 0 Å².